The van der Waals surface area contributed by atoms with Crippen molar-refractivity contribution in [3.8, 4) is 5.75 Å². The molecule has 1 aromatic carbocycles. The Morgan fingerprint density at radius 2 is 1.88 bits per heavy atom. The van der Waals surface area contributed by atoms with E-state index in [4.69, 9.17) is 0 Å². The first-order valence-corrected chi connectivity index (χ1v) is 9.64. The van der Waals surface area contributed by atoms with E-state index in [1.165, 1.54) is 36.8 Å². The van der Waals surface area contributed by atoms with Crippen molar-refractivity contribution in [2.24, 2.45) is 17.8 Å². The van der Waals surface area contributed by atoms with Gasteiger partial charge in [-0.1, -0.05) is 25.0 Å². The van der Waals surface area contributed by atoms with Crippen LogP contribution in [0.15, 0.2) is 42.2 Å². The van der Waals surface area contributed by atoms with Crippen LogP contribution in [0.2, 0.25) is 0 Å². The van der Waals surface area contributed by atoms with Crippen molar-refractivity contribution >= 4 is 0 Å². The number of rotatable bonds is 2. The molecule has 0 radical (unpaired) electrons. The second-order valence-electron chi connectivity index (χ2n) is 8.10. The van der Waals surface area contributed by atoms with Gasteiger partial charge in [0.15, 0.2) is 0 Å². The van der Waals surface area contributed by atoms with Crippen molar-refractivity contribution in [2.75, 3.05) is 0 Å². The molecule has 4 rings (SSSR count). The van der Waals surface area contributed by atoms with Crippen molar-refractivity contribution in [1.82, 2.24) is 0 Å². The highest BCUT2D eigenvalue weighted by Gasteiger charge is 2.47. The minimum absolute atomic E-state index is 0.0817. The zero-order chi connectivity index (χ0) is 17.6. The zero-order valence-corrected chi connectivity index (χ0v) is 14.8. The SMILES string of the molecule is CC(O)[C@H]1c2ccc(O)cc2[C@@H]2CCCC[C@@H]2[C@@H]1C1C=CC(O)=CC1. The fourth-order valence-corrected chi connectivity index (χ4v) is 5.74. The molecule has 2 unspecified atom stereocenters. The van der Waals surface area contributed by atoms with E-state index in [1.807, 2.05) is 31.2 Å². The molecule has 6 atom stereocenters. The molecule has 0 aliphatic heterocycles. The maximum atomic E-state index is 10.7. The molecule has 3 nitrogen and oxygen atoms in total. The van der Waals surface area contributed by atoms with Gasteiger partial charge in [-0.05, 0) is 85.3 Å². The van der Waals surface area contributed by atoms with E-state index < -0.39 is 6.10 Å². The second kappa shape index (κ2) is 6.53. The molecule has 0 amide bonds. The molecule has 1 fully saturated rings. The number of aliphatic hydroxyl groups excluding tert-OH is 2. The van der Waals surface area contributed by atoms with Crippen molar-refractivity contribution in [1.29, 1.82) is 0 Å². The fraction of sp³-hybridized carbons (Fsp3) is 0.545. The van der Waals surface area contributed by atoms with E-state index >= 15 is 0 Å². The third-order valence-electron chi connectivity index (χ3n) is 6.68. The molecule has 25 heavy (non-hydrogen) atoms. The summed E-state index contributed by atoms with van der Waals surface area (Å²) in [6.45, 7) is 1.90. The smallest absolute Gasteiger partial charge is 0.115 e. The third kappa shape index (κ3) is 2.89. The van der Waals surface area contributed by atoms with Crippen LogP contribution in [0, 0.1) is 17.8 Å². The molecule has 134 valence electrons. The lowest BCUT2D eigenvalue weighted by atomic mass is 9.54. The van der Waals surface area contributed by atoms with Gasteiger partial charge in [-0.15, -0.1) is 0 Å². The maximum absolute atomic E-state index is 10.7. The first kappa shape index (κ1) is 16.7. The first-order chi connectivity index (χ1) is 12.1. The number of allylic oxidation sites excluding steroid dienone is 3. The standard InChI is InChI=1S/C22H28O3/c1-13(23)21-19-11-10-16(25)12-20(19)17-4-2-3-5-18(17)22(21)14-6-8-15(24)9-7-14/h6,8-14,17-18,21-25H,2-5,7H2,1H3/t13?,14?,17-,18+,21+,22+/m1/s1. The van der Waals surface area contributed by atoms with Crippen molar-refractivity contribution in [3.63, 3.8) is 0 Å². The van der Waals surface area contributed by atoms with Crippen LogP contribution >= 0.6 is 0 Å². The molecule has 1 aromatic rings. The van der Waals surface area contributed by atoms with Gasteiger partial charge in [-0.2, -0.15) is 0 Å². The van der Waals surface area contributed by atoms with Gasteiger partial charge < -0.3 is 15.3 Å². The van der Waals surface area contributed by atoms with Crippen LogP contribution in [-0.4, -0.2) is 21.4 Å². The van der Waals surface area contributed by atoms with Gasteiger partial charge in [0.1, 0.15) is 11.5 Å². The Balaban J connectivity index is 1.81. The average Bonchev–Trinajstić information content (AvgIpc) is 2.61. The van der Waals surface area contributed by atoms with Gasteiger partial charge in [-0.3, -0.25) is 0 Å². The molecule has 1 saturated carbocycles. The topological polar surface area (TPSA) is 60.7 Å². The summed E-state index contributed by atoms with van der Waals surface area (Å²) in [6.07, 6.45) is 11.1. The van der Waals surface area contributed by atoms with Crippen LogP contribution in [0.3, 0.4) is 0 Å². The summed E-state index contributed by atoms with van der Waals surface area (Å²) < 4.78 is 0. The number of aliphatic hydroxyl groups is 2. The number of phenolic OH excluding ortho intramolecular Hbond substituents is 1. The van der Waals surface area contributed by atoms with Gasteiger partial charge in [0, 0.05) is 5.92 Å². The molecule has 3 heteroatoms. The molecule has 0 saturated heterocycles. The predicted octanol–water partition coefficient (Wildman–Crippen LogP) is 4.78. The monoisotopic (exact) mass is 340 g/mol. The molecule has 3 aliphatic rings. The number of hydrogen-bond donors (Lipinski definition) is 3. The van der Waals surface area contributed by atoms with Crippen LogP contribution in [0.1, 0.15) is 62.0 Å². The second-order valence-corrected chi connectivity index (χ2v) is 8.10. The normalized spacial score (nSPS) is 35.4. The van der Waals surface area contributed by atoms with Crippen LogP contribution < -0.4 is 0 Å². The Kier molecular flexibility index (Phi) is 4.36. The Labute approximate surface area is 149 Å². The summed E-state index contributed by atoms with van der Waals surface area (Å²) in [5.41, 5.74) is 2.47. The van der Waals surface area contributed by atoms with Crippen molar-refractivity contribution in [2.45, 2.75) is 57.0 Å². The minimum atomic E-state index is -0.427. The van der Waals surface area contributed by atoms with Crippen molar-refractivity contribution < 1.29 is 15.3 Å². The Hall–Kier alpha value is -1.74. The molecule has 3 N–H and O–H groups in total. The van der Waals surface area contributed by atoms with Crippen LogP contribution in [-0.2, 0) is 0 Å². The molecule has 0 aromatic heterocycles. The van der Waals surface area contributed by atoms with Gasteiger partial charge >= 0.3 is 0 Å². The summed E-state index contributed by atoms with van der Waals surface area (Å²) in [5, 5.41) is 30.4. The molecule has 3 aliphatic carbocycles. The summed E-state index contributed by atoms with van der Waals surface area (Å²) in [5.74, 6) is 2.50. The Morgan fingerprint density at radius 1 is 1.08 bits per heavy atom. The van der Waals surface area contributed by atoms with E-state index in [0.29, 0.717) is 35.2 Å². The number of hydrogen-bond acceptors (Lipinski definition) is 3. The van der Waals surface area contributed by atoms with E-state index in [0.717, 1.165) is 6.42 Å². The highest BCUT2D eigenvalue weighted by atomic mass is 16.3. The maximum Gasteiger partial charge on any atom is 0.115 e. The molecule has 0 bridgehead atoms. The summed E-state index contributed by atoms with van der Waals surface area (Å²) in [7, 11) is 0. The highest BCUT2D eigenvalue weighted by molar-refractivity contribution is 5.44. The molecule has 0 spiro atoms. The number of phenols is 1. The zero-order valence-electron chi connectivity index (χ0n) is 14.8. The average molecular weight is 340 g/mol. The Morgan fingerprint density at radius 3 is 2.60 bits per heavy atom. The van der Waals surface area contributed by atoms with Crippen LogP contribution in [0.25, 0.3) is 0 Å². The molecular formula is C22H28O3. The quantitative estimate of drug-likeness (QED) is 0.726. The summed E-state index contributed by atoms with van der Waals surface area (Å²) in [6, 6.07) is 5.73. The lowest BCUT2D eigenvalue weighted by Crippen LogP contribution is -2.42. The molecular weight excluding hydrogens is 312 g/mol. The highest BCUT2D eigenvalue weighted by Crippen LogP contribution is 2.57. The number of fused-ring (bicyclic) bond motifs is 3. The first-order valence-electron chi connectivity index (χ1n) is 9.64. The lowest BCUT2D eigenvalue weighted by molar-refractivity contribution is 0.0530. The van der Waals surface area contributed by atoms with Gasteiger partial charge in [-0.25, -0.2) is 0 Å². The van der Waals surface area contributed by atoms with Crippen LogP contribution in [0.5, 0.6) is 5.75 Å². The summed E-state index contributed by atoms with van der Waals surface area (Å²) in [4.78, 5) is 0. The van der Waals surface area contributed by atoms with Gasteiger partial charge in [0.2, 0.25) is 0 Å². The molecule has 0 heterocycles. The van der Waals surface area contributed by atoms with Crippen LogP contribution in [0.4, 0.5) is 0 Å². The third-order valence-corrected chi connectivity index (χ3v) is 6.68. The van der Waals surface area contributed by atoms with E-state index in [9.17, 15) is 15.3 Å². The van der Waals surface area contributed by atoms with Gasteiger partial charge in [0.05, 0.1) is 6.10 Å². The minimum Gasteiger partial charge on any atom is -0.508 e. The number of aromatic hydroxyl groups is 1. The Bertz CT molecular complexity index is 703. The predicted molar refractivity (Wildman–Crippen MR) is 98.7 cm³/mol. The van der Waals surface area contributed by atoms with Crippen molar-refractivity contribution in [3.05, 3.63) is 53.3 Å². The van der Waals surface area contributed by atoms with E-state index in [2.05, 4.69) is 6.08 Å². The van der Waals surface area contributed by atoms with E-state index in [1.54, 1.807) is 6.07 Å². The summed E-state index contributed by atoms with van der Waals surface area (Å²) >= 11 is 0. The number of benzene rings is 1. The largest absolute Gasteiger partial charge is 0.508 e. The van der Waals surface area contributed by atoms with Gasteiger partial charge in [0.25, 0.3) is 0 Å². The van der Waals surface area contributed by atoms with E-state index in [-0.39, 0.29) is 5.92 Å². The lowest BCUT2D eigenvalue weighted by Gasteiger charge is -2.50. The fourth-order valence-electron chi connectivity index (χ4n) is 5.74.